The van der Waals surface area contributed by atoms with Crippen molar-refractivity contribution in [3.8, 4) is 0 Å². The van der Waals surface area contributed by atoms with E-state index in [9.17, 15) is 18.6 Å². The van der Waals surface area contributed by atoms with E-state index in [0.717, 1.165) is 24.8 Å². The first-order valence-corrected chi connectivity index (χ1v) is 11.9. The van der Waals surface area contributed by atoms with Crippen LogP contribution in [0.2, 0.25) is 5.02 Å². The molecule has 0 spiro atoms. The van der Waals surface area contributed by atoms with Crippen LogP contribution in [0.4, 0.5) is 0 Å². The highest BCUT2D eigenvalue weighted by Gasteiger charge is 2.39. The number of ketones is 1. The average molecular weight is 462 g/mol. The van der Waals surface area contributed by atoms with E-state index in [0.29, 0.717) is 23.6 Å². The van der Waals surface area contributed by atoms with Gasteiger partial charge in [0.05, 0.1) is 17.7 Å². The van der Waals surface area contributed by atoms with Crippen molar-refractivity contribution in [1.82, 2.24) is 4.90 Å². The van der Waals surface area contributed by atoms with Crippen molar-refractivity contribution in [2.24, 2.45) is 0 Å². The molecule has 1 heterocycles. The molecule has 1 saturated heterocycles. The van der Waals surface area contributed by atoms with Crippen molar-refractivity contribution in [2.45, 2.75) is 43.2 Å². The van der Waals surface area contributed by atoms with Crippen molar-refractivity contribution in [2.75, 3.05) is 6.54 Å². The predicted octanol–water partition coefficient (Wildman–Crippen LogP) is 4.29. The van der Waals surface area contributed by atoms with E-state index in [2.05, 4.69) is 0 Å². The maximum Gasteiger partial charge on any atom is 0.335 e. The van der Waals surface area contributed by atoms with E-state index in [-0.39, 0.29) is 34.8 Å². The Morgan fingerprint density at radius 2 is 1.65 bits per heavy atom. The van der Waals surface area contributed by atoms with Crippen molar-refractivity contribution in [3.05, 3.63) is 70.2 Å². The van der Waals surface area contributed by atoms with Gasteiger partial charge in [0.25, 0.3) is 0 Å². The minimum atomic E-state index is -1.25. The number of carbonyl (C=O) groups excluding carboxylic acids is 2. The maximum absolute atomic E-state index is 12.7. The lowest BCUT2D eigenvalue weighted by atomic mass is 10.0. The number of nitrogens with zero attached hydrogens (tertiary/aromatic N) is 1. The normalized spacial score (nSPS) is 16.6. The van der Waals surface area contributed by atoms with Crippen molar-refractivity contribution >= 4 is 40.1 Å². The Balaban J connectivity index is 1.40. The lowest BCUT2D eigenvalue weighted by Crippen LogP contribution is -2.55. The van der Waals surface area contributed by atoms with Gasteiger partial charge in [-0.15, -0.1) is 0 Å². The zero-order chi connectivity index (χ0) is 22.4. The number of benzene rings is 2. The van der Waals surface area contributed by atoms with Gasteiger partial charge in [-0.3, -0.25) is 13.8 Å². The zero-order valence-corrected chi connectivity index (χ0v) is 18.5. The number of aromatic carboxylic acids is 1. The lowest BCUT2D eigenvalue weighted by Gasteiger charge is -2.39. The average Bonchev–Trinajstić information content (AvgIpc) is 2.74. The molecule has 1 aliphatic rings. The number of halogens is 1. The van der Waals surface area contributed by atoms with Crippen LogP contribution in [0, 0.1) is 0 Å². The maximum atomic E-state index is 12.7. The third-order valence-electron chi connectivity index (χ3n) is 5.30. The Hall–Kier alpha value is -2.51. The summed E-state index contributed by atoms with van der Waals surface area (Å²) in [6.07, 6.45) is 3.00. The molecule has 2 aromatic rings. The molecule has 2 unspecified atom stereocenters. The van der Waals surface area contributed by atoms with Gasteiger partial charge in [-0.05, 0) is 54.8 Å². The summed E-state index contributed by atoms with van der Waals surface area (Å²) in [6.45, 7) is 0.530. The molecule has 0 bridgehead atoms. The van der Waals surface area contributed by atoms with Gasteiger partial charge in [0.2, 0.25) is 5.91 Å². The van der Waals surface area contributed by atoms with E-state index in [1.807, 2.05) is 0 Å². The first kappa shape index (κ1) is 23.2. The molecule has 2 aromatic carbocycles. The second-order valence-corrected chi connectivity index (χ2v) is 9.54. The SMILES string of the molecule is O=C(O)c1ccc(CS(=O)C2CC(=O)N2CCCCCC(=O)c2ccc(Cl)cc2)cc1. The number of Topliss-reactive ketones (excluding diaryl/α,β-unsaturated/α-hetero) is 1. The van der Waals surface area contributed by atoms with Crippen LogP contribution < -0.4 is 0 Å². The Kier molecular flexibility index (Phi) is 7.98. The van der Waals surface area contributed by atoms with Gasteiger partial charge >= 0.3 is 5.97 Å². The lowest BCUT2D eigenvalue weighted by molar-refractivity contribution is -0.141. The second-order valence-electron chi connectivity index (χ2n) is 7.51. The molecule has 3 rings (SSSR count). The molecule has 1 aliphatic heterocycles. The molecule has 1 amide bonds. The first-order valence-electron chi connectivity index (χ1n) is 10.1. The number of hydrogen-bond donors (Lipinski definition) is 1. The van der Waals surface area contributed by atoms with E-state index in [1.165, 1.54) is 12.1 Å². The Labute approximate surface area is 188 Å². The summed E-state index contributed by atoms with van der Waals surface area (Å²) in [6, 6.07) is 13.1. The number of carboxylic acid groups (broad SMARTS) is 1. The quantitative estimate of drug-likeness (QED) is 0.306. The monoisotopic (exact) mass is 461 g/mol. The number of amides is 1. The highest BCUT2D eigenvalue weighted by molar-refractivity contribution is 7.84. The summed E-state index contributed by atoms with van der Waals surface area (Å²) in [5.41, 5.74) is 1.61. The zero-order valence-electron chi connectivity index (χ0n) is 17.0. The predicted molar refractivity (Wildman–Crippen MR) is 120 cm³/mol. The van der Waals surface area contributed by atoms with Gasteiger partial charge in [-0.25, -0.2) is 4.79 Å². The topological polar surface area (TPSA) is 91.8 Å². The van der Waals surface area contributed by atoms with Crippen LogP contribution in [-0.2, 0) is 21.3 Å². The number of β-lactam (4-membered cyclic amide) rings is 1. The molecule has 31 heavy (non-hydrogen) atoms. The minimum Gasteiger partial charge on any atom is -0.478 e. The highest BCUT2D eigenvalue weighted by Crippen LogP contribution is 2.25. The van der Waals surface area contributed by atoms with Crippen LogP contribution in [0.3, 0.4) is 0 Å². The van der Waals surface area contributed by atoms with E-state index in [4.69, 9.17) is 16.7 Å². The molecule has 6 nitrogen and oxygen atoms in total. The molecule has 0 radical (unpaired) electrons. The molecule has 0 saturated carbocycles. The molecule has 2 atom stereocenters. The van der Waals surface area contributed by atoms with E-state index in [1.54, 1.807) is 41.3 Å². The number of hydrogen-bond acceptors (Lipinski definition) is 4. The van der Waals surface area contributed by atoms with Crippen LogP contribution in [0.1, 0.15) is 58.4 Å². The van der Waals surface area contributed by atoms with Crippen molar-refractivity contribution < 1.29 is 23.7 Å². The Morgan fingerprint density at radius 1 is 1.00 bits per heavy atom. The summed E-state index contributed by atoms with van der Waals surface area (Å²) < 4.78 is 12.7. The molecule has 1 fully saturated rings. The number of likely N-dealkylation sites (tertiary alicyclic amines) is 1. The number of carboxylic acids is 1. The fourth-order valence-electron chi connectivity index (χ4n) is 3.46. The largest absolute Gasteiger partial charge is 0.478 e. The minimum absolute atomic E-state index is 0.00295. The van der Waals surface area contributed by atoms with Crippen molar-refractivity contribution in [1.29, 1.82) is 0 Å². The van der Waals surface area contributed by atoms with E-state index >= 15 is 0 Å². The summed E-state index contributed by atoms with van der Waals surface area (Å²) >= 11 is 5.83. The van der Waals surface area contributed by atoms with Crippen LogP contribution >= 0.6 is 11.6 Å². The number of unbranched alkanes of at least 4 members (excludes halogenated alkanes) is 2. The first-order chi connectivity index (χ1) is 14.8. The Bertz CT molecular complexity index is 974. The number of rotatable bonds is 11. The van der Waals surface area contributed by atoms with Gasteiger partial charge in [0, 0.05) is 34.4 Å². The molecule has 164 valence electrons. The molecule has 8 heteroatoms. The third-order valence-corrected chi connectivity index (χ3v) is 7.20. The van der Waals surface area contributed by atoms with Crippen molar-refractivity contribution in [3.63, 3.8) is 0 Å². The summed E-state index contributed by atoms with van der Waals surface area (Å²) in [5.74, 6) is -0.649. The second kappa shape index (κ2) is 10.7. The fraction of sp³-hybridized carbons (Fsp3) is 0.348. The fourth-order valence-corrected chi connectivity index (χ4v) is 5.13. The standard InChI is InChI=1S/C23H24ClNO5S/c24-19-11-9-17(10-12-19)20(26)4-2-1-3-13-25-21(27)14-22(25)31(30)15-16-5-7-18(8-6-16)23(28)29/h5-12,22H,1-4,13-15H2,(H,28,29). The summed E-state index contributed by atoms with van der Waals surface area (Å²) in [7, 11) is -1.25. The molecule has 0 aliphatic carbocycles. The van der Waals surface area contributed by atoms with Gasteiger partial charge in [-0.2, -0.15) is 0 Å². The van der Waals surface area contributed by atoms with Gasteiger partial charge in [0.1, 0.15) is 5.37 Å². The molecule has 0 aromatic heterocycles. The van der Waals surface area contributed by atoms with Gasteiger partial charge in [0.15, 0.2) is 5.78 Å². The number of carbonyl (C=O) groups is 3. The van der Waals surface area contributed by atoms with Crippen LogP contribution in [-0.4, -0.2) is 43.8 Å². The smallest absolute Gasteiger partial charge is 0.335 e. The van der Waals surface area contributed by atoms with Crippen LogP contribution in [0.5, 0.6) is 0 Å². The molecule has 1 N–H and O–H groups in total. The Morgan fingerprint density at radius 3 is 2.26 bits per heavy atom. The summed E-state index contributed by atoms with van der Waals surface area (Å²) in [5, 5.41) is 9.24. The highest BCUT2D eigenvalue weighted by atomic mass is 35.5. The van der Waals surface area contributed by atoms with E-state index < -0.39 is 16.8 Å². The van der Waals surface area contributed by atoms with Gasteiger partial charge < -0.3 is 10.0 Å². The third kappa shape index (κ3) is 6.24. The van der Waals surface area contributed by atoms with Crippen LogP contribution in [0.15, 0.2) is 48.5 Å². The summed E-state index contributed by atoms with van der Waals surface area (Å²) in [4.78, 5) is 36.7. The van der Waals surface area contributed by atoms with Crippen LogP contribution in [0.25, 0.3) is 0 Å². The molecular weight excluding hydrogens is 438 g/mol. The van der Waals surface area contributed by atoms with Gasteiger partial charge in [-0.1, -0.05) is 30.2 Å². The molecular formula is C23H24ClNO5S.